The first-order valence-corrected chi connectivity index (χ1v) is 4.82. The van der Waals surface area contributed by atoms with Gasteiger partial charge in [-0.15, -0.1) is 5.10 Å². The smallest absolute Gasteiger partial charge is 0.316 e. The summed E-state index contributed by atoms with van der Waals surface area (Å²) >= 11 is 0. The van der Waals surface area contributed by atoms with Gasteiger partial charge < -0.3 is 5.32 Å². The number of para-hydroxylation sites is 2. The number of rotatable bonds is 2. The van der Waals surface area contributed by atoms with Crippen LogP contribution in [0.2, 0.25) is 0 Å². The lowest BCUT2D eigenvalue weighted by Gasteiger charge is -2.11. The SMILES string of the molecule is O=C(Nc1ccccc1-n1ccnn1)C(F)(F)F. The van der Waals surface area contributed by atoms with Gasteiger partial charge in [0.15, 0.2) is 0 Å². The van der Waals surface area contributed by atoms with E-state index in [-0.39, 0.29) is 5.69 Å². The molecule has 1 amide bonds. The van der Waals surface area contributed by atoms with Crippen LogP contribution < -0.4 is 5.32 Å². The number of hydrogen-bond acceptors (Lipinski definition) is 3. The molecule has 0 bridgehead atoms. The van der Waals surface area contributed by atoms with Crippen molar-refractivity contribution in [3.8, 4) is 5.69 Å². The Morgan fingerprint density at radius 2 is 2.00 bits per heavy atom. The fraction of sp³-hybridized carbons (Fsp3) is 0.100. The van der Waals surface area contributed by atoms with Crippen molar-refractivity contribution in [1.82, 2.24) is 15.0 Å². The molecule has 1 aromatic carbocycles. The molecule has 18 heavy (non-hydrogen) atoms. The number of hydrogen-bond donors (Lipinski definition) is 1. The standard InChI is InChI=1S/C10H7F3N4O/c11-10(12,13)9(18)15-7-3-1-2-4-8(7)17-6-5-14-16-17/h1-6H,(H,15,18). The summed E-state index contributed by atoms with van der Waals surface area (Å²) in [5.41, 5.74) is 0.304. The van der Waals surface area contributed by atoms with E-state index in [9.17, 15) is 18.0 Å². The molecule has 0 aliphatic rings. The van der Waals surface area contributed by atoms with Crippen LogP contribution in [0.1, 0.15) is 0 Å². The second-order valence-electron chi connectivity index (χ2n) is 3.32. The number of benzene rings is 1. The first-order chi connectivity index (χ1) is 8.48. The minimum absolute atomic E-state index is 0.00493. The number of anilines is 1. The van der Waals surface area contributed by atoms with Crippen LogP contribution in [0.3, 0.4) is 0 Å². The molecule has 0 saturated heterocycles. The van der Waals surface area contributed by atoms with Gasteiger partial charge in [0.1, 0.15) is 0 Å². The van der Waals surface area contributed by atoms with Crippen LogP contribution in [0, 0.1) is 0 Å². The highest BCUT2D eigenvalue weighted by molar-refractivity contribution is 5.96. The summed E-state index contributed by atoms with van der Waals surface area (Å²) in [7, 11) is 0. The van der Waals surface area contributed by atoms with E-state index >= 15 is 0 Å². The molecule has 0 aliphatic carbocycles. The number of carbonyl (C=O) groups excluding carboxylic acids is 1. The Labute approximate surface area is 99.2 Å². The van der Waals surface area contributed by atoms with Crippen LogP contribution in [-0.2, 0) is 4.79 Å². The number of nitrogens with one attached hydrogen (secondary N) is 1. The van der Waals surface area contributed by atoms with Gasteiger partial charge in [-0.1, -0.05) is 17.3 Å². The van der Waals surface area contributed by atoms with E-state index in [1.165, 1.54) is 35.3 Å². The maximum Gasteiger partial charge on any atom is 0.471 e. The van der Waals surface area contributed by atoms with Crippen molar-refractivity contribution in [2.24, 2.45) is 0 Å². The van der Waals surface area contributed by atoms with Crippen LogP contribution in [0.5, 0.6) is 0 Å². The molecule has 2 aromatic rings. The molecule has 2 rings (SSSR count). The molecule has 0 aliphatic heterocycles. The van der Waals surface area contributed by atoms with Gasteiger partial charge in [-0.05, 0) is 12.1 Å². The van der Waals surface area contributed by atoms with Crippen LogP contribution >= 0.6 is 0 Å². The molecule has 0 atom stereocenters. The van der Waals surface area contributed by atoms with Gasteiger partial charge in [0, 0.05) is 0 Å². The van der Waals surface area contributed by atoms with E-state index in [4.69, 9.17) is 0 Å². The fourth-order valence-electron chi connectivity index (χ4n) is 1.31. The number of nitrogens with zero attached hydrogens (tertiary/aromatic N) is 3. The van der Waals surface area contributed by atoms with Crippen molar-refractivity contribution in [3.63, 3.8) is 0 Å². The average molecular weight is 256 g/mol. The largest absolute Gasteiger partial charge is 0.471 e. The minimum atomic E-state index is -4.94. The van der Waals surface area contributed by atoms with Gasteiger partial charge in [-0.2, -0.15) is 13.2 Å². The highest BCUT2D eigenvalue weighted by Gasteiger charge is 2.39. The van der Waals surface area contributed by atoms with Crippen LogP contribution in [0.15, 0.2) is 36.7 Å². The van der Waals surface area contributed by atoms with E-state index in [0.717, 1.165) is 0 Å². The molecule has 1 aromatic heterocycles. The Morgan fingerprint density at radius 1 is 1.28 bits per heavy atom. The van der Waals surface area contributed by atoms with E-state index in [1.807, 2.05) is 0 Å². The Bertz CT molecular complexity index is 551. The summed E-state index contributed by atoms with van der Waals surface area (Å²) in [4.78, 5) is 10.9. The van der Waals surface area contributed by atoms with Crippen LogP contribution in [0.4, 0.5) is 18.9 Å². The summed E-state index contributed by atoms with van der Waals surface area (Å²) < 4.78 is 37.7. The van der Waals surface area contributed by atoms with E-state index in [1.54, 1.807) is 11.4 Å². The predicted octanol–water partition coefficient (Wildman–Crippen LogP) is 1.77. The molecule has 0 spiro atoms. The lowest BCUT2D eigenvalue weighted by molar-refractivity contribution is -0.167. The quantitative estimate of drug-likeness (QED) is 0.890. The maximum absolute atomic E-state index is 12.2. The highest BCUT2D eigenvalue weighted by Crippen LogP contribution is 2.22. The lowest BCUT2D eigenvalue weighted by atomic mass is 10.2. The summed E-state index contributed by atoms with van der Waals surface area (Å²) in [5.74, 6) is -2.03. The molecule has 0 radical (unpaired) electrons. The molecule has 8 heteroatoms. The van der Waals surface area contributed by atoms with E-state index in [2.05, 4.69) is 10.3 Å². The summed E-state index contributed by atoms with van der Waals surface area (Å²) in [6.45, 7) is 0. The van der Waals surface area contributed by atoms with Crippen molar-refractivity contribution in [2.45, 2.75) is 6.18 Å². The zero-order valence-electron chi connectivity index (χ0n) is 8.85. The molecule has 0 fully saturated rings. The van der Waals surface area contributed by atoms with Gasteiger partial charge in [0.2, 0.25) is 0 Å². The molecule has 94 valence electrons. The van der Waals surface area contributed by atoms with Crippen molar-refractivity contribution in [1.29, 1.82) is 0 Å². The normalized spacial score (nSPS) is 11.3. The third-order valence-electron chi connectivity index (χ3n) is 2.08. The third kappa shape index (κ3) is 2.47. The fourth-order valence-corrected chi connectivity index (χ4v) is 1.31. The number of halogens is 3. The zero-order valence-corrected chi connectivity index (χ0v) is 8.85. The van der Waals surface area contributed by atoms with Crippen LogP contribution in [-0.4, -0.2) is 27.1 Å². The average Bonchev–Trinajstić information content (AvgIpc) is 2.82. The van der Waals surface area contributed by atoms with Gasteiger partial charge in [-0.25, -0.2) is 4.68 Å². The molecular formula is C10H7F3N4O. The van der Waals surface area contributed by atoms with Gasteiger partial charge in [0.05, 0.1) is 23.8 Å². The number of alkyl halides is 3. The van der Waals surface area contributed by atoms with Crippen molar-refractivity contribution >= 4 is 11.6 Å². The number of aromatic nitrogens is 3. The van der Waals surface area contributed by atoms with Crippen molar-refractivity contribution < 1.29 is 18.0 Å². The highest BCUT2D eigenvalue weighted by atomic mass is 19.4. The number of carbonyl (C=O) groups is 1. The Hall–Kier alpha value is -2.38. The summed E-state index contributed by atoms with van der Waals surface area (Å²) in [5, 5.41) is 8.98. The van der Waals surface area contributed by atoms with E-state index in [0.29, 0.717) is 5.69 Å². The lowest BCUT2D eigenvalue weighted by Crippen LogP contribution is -2.30. The molecule has 0 unspecified atom stereocenters. The summed E-state index contributed by atoms with van der Waals surface area (Å²) in [6, 6.07) is 5.98. The van der Waals surface area contributed by atoms with Crippen molar-refractivity contribution in [3.05, 3.63) is 36.7 Å². The minimum Gasteiger partial charge on any atom is -0.316 e. The molecule has 1 N–H and O–H groups in total. The second-order valence-corrected chi connectivity index (χ2v) is 3.32. The third-order valence-corrected chi connectivity index (χ3v) is 2.08. The topological polar surface area (TPSA) is 59.8 Å². The van der Waals surface area contributed by atoms with Crippen LogP contribution in [0.25, 0.3) is 5.69 Å². The molecular weight excluding hydrogens is 249 g/mol. The Morgan fingerprint density at radius 3 is 2.61 bits per heavy atom. The zero-order chi connectivity index (χ0) is 13.2. The maximum atomic E-state index is 12.2. The van der Waals surface area contributed by atoms with Gasteiger partial charge >= 0.3 is 12.1 Å². The van der Waals surface area contributed by atoms with Gasteiger partial charge in [0.25, 0.3) is 0 Å². The van der Waals surface area contributed by atoms with Crippen molar-refractivity contribution in [2.75, 3.05) is 5.32 Å². The van der Waals surface area contributed by atoms with Gasteiger partial charge in [-0.3, -0.25) is 4.79 Å². The second kappa shape index (κ2) is 4.47. The first-order valence-electron chi connectivity index (χ1n) is 4.82. The summed E-state index contributed by atoms with van der Waals surface area (Å²) in [6.07, 6.45) is -2.10. The molecule has 5 nitrogen and oxygen atoms in total. The monoisotopic (exact) mass is 256 g/mol. The van der Waals surface area contributed by atoms with E-state index < -0.39 is 12.1 Å². The predicted molar refractivity (Wildman–Crippen MR) is 56.0 cm³/mol. The first kappa shape index (κ1) is 12.1. The Kier molecular flexibility index (Phi) is 3.00. The Balaban J connectivity index is 2.32. The molecule has 1 heterocycles. The molecule has 0 saturated carbocycles. The number of amides is 1.